The van der Waals surface area contributed by atoms with E-state index in [4.69, 9.17) is 9.90 Å². The third-order valence-electron chi connectivity index (χ3n) is 5.68. The van der Waals surface area contributed by atoms with Crippen molar-refractivity contribution < 1.29 is 29.0 Å². The predicted molar refractivity (Wildman–Crippen MR) is 116 cm³/mol. The van der Waals surface area contributed by atoms with Gasteiger partial charge < -0.3 is 20.5 Å². The molecule has 176 valence electrons. The van der Waals surface area contributed by atoms with Crippen molar-refractivity contribution in [1.29, 1.82) is 0 Å². The van der Waals surface area contributed by atoms with Crippen LogP contribution in [0.25, 0.3) is 0 Å². The number of pyridine rings is 1. The first-order valence-corrected chi connectivity index (χ1v) is 10.8. The summed E-state index contributed by atoms with van der Waals surface area (Å²) in [5, 5.41) is 12.7. The van der Waals surface area contributed by atoms with E-state index in [2.05, 4.69) is 25.3 Å². The molecule has 32 heavy (non-hydrogen) atoms. The number of rotatable bonds is 10. The molecular formula is C22H32N4O6. The van der Waals surface area contributed by atoms with E-state index in [-0.39, 0.29) is 42.8 Å². The van der Waals surface area contributed by atoms with Crippen LogP contribution in [0.2, 0.25) is 0 Å². The first-order valence-electron chi connectivity index (χ1n) is 10.8. The number of methoxy groups -OCH3 is 1. The van der Waals surface area contributed by atoms with Gasteiger partial charge in [-0.25, -0.2) is 0 Å². The molecule has 1 saturated carbocycles. The summed E-state index contributed by atoms with van der Waals surface area (Å²) in [7, 11) is 1.34. The summed E-state index contributed by atoms with van der Waals surface area (Å²) in [5.41, 5.74) is 0.605. The lowest BCUT2D eigenvalue weighted by Crippen LogP contribution is -2.45. The van der Waals surface area contributed by atoms with Crippen LogP contribution in [0, 0.1) is 5.92 Å². The molecule has 1 aliphatic heterocycles. The molecule has 0 spiro atoms. The molecule has 2 fully saturated rings. The number of ether oxygens (including phenoxy) is 1. The number of aromatic nitrogens is 1. The van der Waals surface area contributed by atoms with E-state index in [9.17, 15) is 14.4 Å². The lowest BCUT2D eigenvalue weighted by molar-refractivity contribution is -0.140. The Morgan fingerprint density at radius 1 is 1.16 bits per heavy atom. The third kappa shape index (κ3) is 8.62. The van der Waals surface area contributed by atoms with Gasteiger partial charge in [-0.05, 0) is 43.7 Å². The van der Waals surface area contributed by atoms with Crippen molar-refractivity contribution in [2.45, 2.75) is 50.6 Å². The molecule has 1 aromatic heterocycles. The van der Waals surface area contributed by atoms with Gasteiger partial charge in [-0.3, -0.25) is 29.1 Å². The van der Waals surface area contributed by atoms with Crippen LogP contribution in [0.15, 0.2) is 24.5 Å². The molecule has 10 nitrogen and oxygen atoms in total. The van der Waals surface area contributed by atoms with Crippen molar-refractivity contribution in [2.24, 2.45) is 5.92 Å². The van der Waals surface area contributed by atoms with E-state index in [0.29, 0.717) is 31.0 Å². The second-order valence-electron chi connectivity index (χ2n) is 7.96. The third-order valence-corrected chi connectivity index (χ3v) is 5.68. The van der Waals surface area contributed by atoms with Crippen LogP contribution >= 0.6 is 0 Å². The molecule has 0 radical (unpaired) electrons. The van der Waals surface area contributed by atoms with Gasteiger partial charge in [-0.1, -0.05) is 0 Å². The maximum absolute atomic E-state index is 12.3. The smallest absolute Gasteiger partial charge is 0.307 e. The van der Waals surface area contributed by atoms with Crippen molar-refractivity contribution in [3.8, 4) is 0 Å². The topological polar surface area (TPSA) is 138 Å². The Morgan fingerprint density at radius 2 is 1.81 bits per heavy atom. The molecule has 0 unspecified atom stereocenters. The molecule has 2 amide bonds. The summed E-state index contributed by atoms with van der Waals surface area (Å²) < 4.78 is 4.59. The number of carbonyl (C=O) groups is 4. The number of hydrogen-bond acceptors (Lipinski definition) is 7. The number of esters is 1. The van der Waals surface area contributed by atoms with Crippen molar-refractivity contribution in [3.05, 3.63) is 30.1 Å². The Kier molecular flexibility index (Phi) is 10.6. The van der Waals surface area contributed by atoms with Gasteiger partial charge in [0.15, 0.2) is 0 Å². The molecule has 1 aromatic rings. The molecule has 0 aromatic carbocycles. The Hall–Kier alpha value is -3.01. The molecule has 10 heteroatoms. The van der Waals surface area contributed by atoms with Crippen LogP contribution in [-0.2, 0) is 19.1 Å². The average molecular weight is 449 g/mol. The molecule has 3 N–H and O–H groups in total. The standard InChI is InChI=1S/C21H30N4O4.CH2O2/c1-29-20(27)8-11-23-19(26)12-17-4-5-18(25(17)14-15-2-3-15)13-24-21(28)16-6-9-22-10-7-16;2-1-3/h6-7,9-10,15,17-18H,2-5,8,11-14H2,1H3,(H,23,26)(H,24,28);1H,(H,2,3)/t17-,18+;/m1./s1. The molecule has 2 aliphatic rings. The SMILES string of the molecule is COC(=O)CCNC(=O)C[C@H]1CC[C@@H](CNC(=O)c2ccncc2)N1CC1CC1.O=CO. The minimum Gasteiger partial charge on any atom is -0.483 e. The van der Waals surface area contributed by atoms with Crippen molar-refractivity contribution in [1.82, 2.24) is 20.5 Å². The van der Waals surface area contributed by atoms with Gasteiger partial charge >= 0.3 is 5.97 Å². The zero-order valence-electron chi connectivity index (χ0n) is 18.4. The fourth-order valence-electron chi connectivity index (χ4n) is 3.86. The highest BCUT2D eigenvalue weighted by Crippen LogP contribution is 2.35. The van der Waals surface area contributed by atoms with Gasteiger partial charge in [0.25, 0.3) is 12.4 Å². The molecule has 1 aliphatic carbocycles. The van der Waals surface area contributed by atoms with Crippen LogP contribution in [0.4, 0.5) is 0 Å². The van der Waals surface area contributed by atoms with Crippen molar-refractivity contribution >= 4 is 24.3 Å². The van der Waals surface area contributed by atoms with E-state index in [0.717, 1.165) is 19.4 Å². The van der Waals surface area contributed by atoms with Gasteiger partial charge in [0.2, 0.25) is 5.91 Å². The Morgan fingerprint density at radius 3 is 2.44 bits per heavy atom. The van der Waals surface area contributed by atoms with Crippen molar-refractivity contribution in [3.63, 3.8) is 0 Å². The summed E-state index contributed by atoms with van der Waals surface area (Å²) in [6, 6.07) is 3.83. The lowest BCUT2D eigenvalue weighted by atomic mass is 10.1. The summed E-state index contributed by atoms with van der Waals surface area (Å²) in [6.45, 7) is 1.61. The monoisotopic (exact) mass is 448 g/mol. The molecular weight excluding hydrogens is 416 g/mol. The quantitative estimate of drug-likeness (QED) is 0.353. The molecule has 1 saturated heterocycles. The minimum atomic E-state index is -0.327. The summed E-state index contributed by atoms with van der Waals surface area (Å²) in [5.74, 6) is 0.242. The maximum atomic E-state index is 12.3. The highest BCUT2D eigenvalue weighted by atomic mass is 16.5. The number of nitrogens with zero attached hydrogens (tertiary/aromatic N) is 2. The fourth-order valence-corrected chi connectivity index (χ4v) is 3.86. The lowest BCUT2D eigenvalue weighted by Gasteiger charge is -2.30. The first-order chi connectivity index (χ1) is 15.5. The van der Waals surface area contributed by atoms with E-state index in [1.54, 1.807) is 24.5 Å². The van der Waals surface area contributed by atoms with E-state index in [1.807, 2.05) is 0 Å². The fraction of sp³-hybridized carbons (Fsp3) is 0.591. The number of nitrogens with one attached hydrogen (secondary N) is 2. The summed E-state index contributed by atoms with van der Waals surface area (Å²) >= 11 is 0. The Bertz CT molecular complexity index is 756. The second kappa shape index (κ2) is 13.4. The number of likely N-dealkylation sites (tertiary alicyclic amines) is 1. The normalized spacial score (nSPS) is 19.9. The first kappa shape index (κ1) is 25.3. The van der Waals surface area contributed by atoms with Crippen LogP contribution < -0.4 is 10.6 Å². The summed E-state index contributed by atoms with van der Waals surface area (Å²) in [6.07, 6.45) is 8.20. The number of hydrogen-bond donors (Lipinski definition) is 3. The summed E-state index contributed by atoms with van der Waals surface area (Å²) in [4.78, 5) is 50.5. The van der Waals surface area contributed by atoms with Gasteiger partial charge in [0, 0.05) is 56.1 Å². The van der Waals surface area contributed by atoms with E-state index >= 15 is 0 Å². The molecule has 0 bridgehead atoms. The molecule has 2 atom stereocenters. The van der Waals surface area contributed by atoms with Crippen LogP contribution in [0.5, 0.6) is 0 Å². The highest BCUT2D eigenvalue weighted by Gasteiger charge is 2.38. The van der Waals surface area contributed by atoms with Crippen LogP contribution in [0.3, 0.4) is 0 Å². The number of carboxylic acid groups (broad SMARTS) is 1. The zero-order valence-corrected chi connectivity index (χ0v) is 18.4. The van der Waals surface area contributed by atoms with Gasteiger partial charge in [-0.15, -0.1) is 0 Å². The van der Waals surface area contributed by atoms with Gasteiger partial charge in [-0.2, -0.15) is 0 Å². The van der Waals surface area contributed by atoms with Crippen LogP contribution in [0.1, 0.15) is 48.9 Å². The van der Waals surface area contributed by atoms with E-state index < -0.39 is 0 Å². The van der Waals surface area contributed by atoms with E-state index in [1.165, 1.54) is 20.0 Å². The van der Waals surface area contributed by atoms with Gasteiger partial charge in [0.05, 0.1) is 13.5 Å². The Balaban J connectivity index is 0.00000114. The van der Waals surface area contributed by atoms with Gasteiger partial charge in [0.1, 0.15) is 0 Å². The number of carbonyl (C=O) groups excluding carboxylic acids is 3. The second-order valence-corrected chi connectivity index (χ2v) is 7.96. The highest BCUT2D eigenvalue weighted by molar-refractivity contribution is 5.93. The zero-order chi connectivity index (χ0) is 23.3. The predicted octanol–water partition coefficient (Wildman–Crippen LogP) is 0.825. The largest absolute Gasteiger partial charge is 0.483 e. The Labute approximate surface area is 187 Å². The molecule has 3 rings (SSSR count). The van der Waals surface area contributed by atoms with Crippen LogP contribution in [-0.4, -0.2) is 78.1 Å². The van der Waals surface area contributed by atoms with Crippen molar-refractivity contribution in [2.75, 3.05) is 26.7 Å². The molecule has 2 heterocycles. The maximum Gasteiger partial charge on any atom is 0.307 e. The average Bonchev–Trinajstić information content (AvgIpc) is 3.54. The number of amides is 2. The minimum absolute atomic E-state index is 0.0406.